The van der Waals surface area contributed by atoms with Crippen LogP contribution in [-0.2, 0) is 13.0 Å². The molecule has 0 unspecified atom stereocenters. The highest BCUT2D eigenvalue weighted by Gasteiger charge is 2.18. The van der Waals surface area contributed by atoms with Crippen molar-refractivity contribution in [3.8, 4) is 5.69 Å². The normalized spacial score (nSPS) is 14.8. The number of rotatable bonds is 1. The standard InChI is InChI=1S/C16H15ClN4O/c17-11-6-3-4-7-12(11)21-10-18-14-15(21)19-13-8-2-1-5-9-20(13)16(14)22/h3-4,6-7,10H,1-2,5,8-9H2. The Bertz CT molecular complexity index is 912. The Kier molecular flexibility index (Phi) is 3.22. The molecule has 0 N–H and O–H groups in total. The van der Waals surface area contributed by atoms with Crippen molar-refractivity contribution in [1.82, 2.24) is 19.1 Å². The van der Waals surface area contributed by atoms with Crippen molar-refractivity contribution < 1.29 is 0 Å². The second kappa shape index (κ2) is 5.25. The van der Waals surface area contributed by atoms with Gasteiger partial charge in [0, 0.05) is 13.0 Å². The molecular weight excluding hydrogens is 300 g/mol. The molecule has 1 aliphatic heterocycles. The second-order valence-corrected chi connectivity index (χ2v) is 5.94. The summed E-state index contributed by atoms with van der Waals surface area (Å²) in [4.78, 5) is 21.7. The molecule has 0 saturated heterocycles. The lowest BCUT2D eigenvalue weighted by atomic mass is 10.2. The monoisotopic (exact) mass is 314 g/mol. The molecule has 6 heteroatoms. The van der Waals surface area contributed by atoms with E-state index in [0.717, 1.165) is 43.7 Å². The Morgan fingerprint density at radius 2 is 2.00 bits per heavy atom. The van der Waals surface area contributed by atoms with Crippen molar-refractivity contribution in [1.29, 1.82) is 0 Å². The van der Waals surface area contributed by atoms with Crippen molar-refractivity contribution in [2.45, 2.75) is 32.2 Å². The number of para-hydroxylation sites is 1. The molecule has 0 bridgehead atoms. The van der Waals surface area contributed by atoms with Gasteiger partial charge in [0.15, 0.2) is 11.2 Å². The minimum Gasteiger partial charge on any atom is -0.295 e. The third-order valence-electron chi connectivity index (χ3n) is 4.13. The number of hydrogen-bond donors (Lipinski definition) is 0. The largest absolute Gasteiger partial charge is 0.295 e. The molecule has 0 saturated carbocycles. The fourth-order valence-electron chi connectivity index (χ4n) is 3.00. The predicted molar refractivity (Wildman–Crippen MR) is 85.7 cm³/mol. The summed E-state index contributed by atoms with van der Waals surface area (Å²) in [5.41, 5.74) is 1.74. The lowest BCUT2D eigenvalue weighted by molar-refractivity contribution is 0.613. The zero-order chi connectivity index (χ0) is 15.1. The molecule has 5 nitrogen and oxygen atoms in total. The number of nitrogens with zero attached hydrogens (tertiary/aromatic N) is 4. The number of imidazole rings is 1. The first-order valence-corrected chi connectivity index (χ1v) is 7.85. The smallest absolute Gasteiger partial charge is 0.281 e. The van der Waals surface area contributed by atoms with Crippen LogP contribution in [0.15, 0.2) is 35.4 Å². The van der Waals surface area contributed by atoms with Crippen molar-refractivity contribution in [2.24, 2.45) is 0 Å². The van der Waals surface area contributed by atoms with Crippen molar-refractivity contribution >= 4 is 22.8 Å². The van der Waals surface area contributed by atoms with Gasteiger partial charge in [0.25, 0.3) is 5.56 Å². The van der Waals surface area contributed by atoms with Crippen LogP contribution in [0.1, 0.15) is 25.1 Å². The maximum atomic E-state index is 12.7. The molecule has 3 heterocycles. The summed E-state index contributed by atoms with van der Waals surface area (Å²) < 4.78 is 3.57. The van der Waals surface area contributed by atoms with Crippen molar-refractivity contribution in [2.75, 3.05) is 0 Å². The molecule has 0 atom stereocenters. The predicted octanol–water partition coefficient (Wildman–Crippen LogP) is 2.96. The fraction of sp³-hybridized carbons (Fsp3) is 0.312. The number of halogens is 1. The molecular formula is C16H15ClN4O. The number of hydrogen-bond acceptors (Lipinski definition) is 3. The van der Waals surface area contributed by atoms with Crippen LogP contribution in [0.25, 0.3) is 16.9 Å². The topological polar surface area (TPSA) is 52.7 Å². The Hall–Kier alpha value is -2.14. The SMILES string of the molecule is O=c1c2ncn(-c3ccccc3Cl)c2nc2n1CCCCC2. The highest BCUT2D eigenvalue weighted by molar-refractivity contribution is 6.32. The third kappa shape index (κ3) is 2.04. The number of aromatic nitrogens is 4. The molecule has 1 aliphatic rings. The summed E-state index contributed by atoms with van der Waals surface area (Å²) in [6, 6.07) is 7.50. The molecule has 2 aromatic heterocycles. The average Bonchev–Trinajstić information content (AvgIpc) is 2.78. The van der Waals surface area contributed by atoms with Crippen LogP contribution in [0.4, 0.5) is 0 Å². The average molecular weight is 315 g/mol. The summed E-state index contributed by atoms with van der Waals surface area (Å²) in [6.45, 7) is 0.732. The first-order chi connectivity index (χ1) is 10.8. The van der Waals surface area contributed by atoms with E-state index in [4.69, 9.17) is 16.6 Å². The molecule has 0 spiro atoms. The first kappa shape index (κ1) is 13.5. The maximum Gasteiger partial charge on any atom is 0.281 e. The summed E-state index contributed by atoms with van der Waals surface area (Å²) in [6.07, 6.45) is 5.67. The van der Waals surface area contributed by atoms with Crippen LogP contribution < -0.4 is 5.56 Å². The van der Waals surface area contributed by atoms with Crippen LogP contribution >= 0.6 is 11.6 Å². The van der Waals surface area contributed by atoms with E-state index in [2.05, 4.69) is 4.98 Å². The van der Waals surface area contributed by atoms with Crippen molar-refractivity contribution in [3.63, 3.8) is 0 Å². The molecule has 4 rings (SSSR count). The highest BCUT2D eigenvalue weighted by atomic mass is 35.5. The summed E-state index contributed by atoms with van der Waals surface area (Å²) in [7, 11) is 0. The van der Waals surface area contributed by atoms with Crippen LogP contribution in [-0.4, -0.2) is 19.1 Å². The molecule has 22 heavy (non-hydrogen) atoms. The Balaban J connectivity index is 2.00. The molecule has 3 aromatic rings. The zero-order valence-electron chi connectivity index (χ0n) is 12.0. The van der Waals surface area contributed by atoms with Gasteiger partial charge in [-0.25, -0.2) is 9.97 Å². The van der Waals surface area contributed by atoms with Gasteiger partial charge in [-0.1, -0.05) is 30.2 Å². The Morgan fingerprint density at radius 1 is 1.14 bits per heavy atom. The summed E-state index contributed by atoms with van der Waals surface area (Å²) in [5, 5.41) is 0.610. The van der Waals surface area contributed by atoms with Gasteiger partial charge >= 0.3 is 0 Å². The zero-order valence-corrected chi connectivity index (χ0v) is 12.8. The van der Waals surface area contributed by atoms with Gasteiger partial charge in [0.1, 0.15) is 12.2 Å². The Morgan fingerprint density at radius 3 is 2.86 bits per heavy atom. The number of fused-ring (bicyclic) bond motifs is 2. The van der Waals surface area contributed by atoms with Crippen molar-refractivity contribution in [3.05, 3.63) is 51.8 Å². The fourth-order valence-corrected chi connectivity index (χ4v) is 3.23. The van der Waals surface area contributed by atoms with E-state index in [1.807, 2.05) is 24.3 Å². The van der Waals surface area contributed by atoms with Gasteiger partial charge in [-0.2, -0.15) is 0 Å². The molecule has 0 fully saturated rings. The lowest BCUT2D eigenvalue weighted by Crippen LogP contribution is -2.24. The van der Waals surface area contributed by atoms with Crippen LogP contribution in [0.5, 0.6) is 0 Å². The van der Waals surface area contributed by atoms with E-state index in [0.29, 0.717) is 16.2 Å². The molecule has 0 amide bonds. The molecule has 0 aliphatic carbocycles. The van der Waals surface area contributed by atoms with Gasteiger partial charge in [-0.3, -0.25) is 13.9 Å². The third-order valence-corrected chi connectivity index (χ3v) is 4.45. The van der Waals surface area contributed by atoms with E-state index in [-0.39, 0.29) is 5.56 Å². The van der Waals surface area contributed by atoms with E-state index in [1.165, 1.54) is 0 Å². The van der Waals surface area contributed by atoms with Gasteiger partial charge in [0.05, 0.1) is 10.7 Å². The van der Waals surface area contributed by atoms with Crippen LogP contribution in [0.2, 0.25) is 5.02 Å². The summed E-state index contributed by atoms with van der Waals surface area (Å²) >= 11 is 6.27. The van der Waals surface area contributed by atoms with Gasteiger partial charge in [-0.05, 0) is 25.0 Å². The van der Waals surface area contributed by atoms with Gasteiger partial charge in [-0.15, -0.1) is 0 Å². The van der Waals surface area contributed by atoms with E-state index in [1.54, 1.807) is 15.5 Å². The van der Waals surface area contributed by atoms with Crippen LogP contribution in [0.3, 0.4) is 0 Å². The van der Waals surface area contributed by atoms with Crippen LogP contribution in [0, 0.1) is 0 Å². The minimum atomic E-state index is -0.0484. The highest BCUT2D eigenvalue weighted by Crippen LogP contribution is 2.23. The molecule has 1 aromatic carbocycles. The van der Waals surface area contributed by atoms with Gasteiger partial charge in [0.2, 0.25) is 0 Å². The first-order valence-electron chi connectivity index (χ1n) is 7.47. The number of aryl methyl sites for hydroxylation is 1. The lowest BCUT2D eigenvalue weighted by Gasteiger charge is -2.10. The van der Waals surface area contributed by atoms with E-state index >= 15 is 0 Å². The van der Waals surface area contributed by atoms with E-state index < -0.39 is 0 Å². The second-order valence-electron chi connectivity index (χ2n) is 5.53. The Labute approximate surface area is 132 Å². The molecule has 0 radical (unpaired) electrons. The maximum absolute atomic E-state index is 12.7. The quantitative estimate of drug-likeness (QED) is 0.694. The summed E-state index contributed by atoms with van der Waals surface area (Å²) in [5.74, 6) is 0.851. The van der Waals surface area contributed by atoms with E-state index in [9.17, 15) is 4.79 Å². The molecule has 112 valence electrons. The number of benzene rings is 1. The minimum absolute atomic E-state index is 0.0484. The van der Waals surface area contributed by atoms with Gasteiger partial charge < -0.3 is 0 Å².